The molecule has 0 bridgehead atoms. The van der Waals surface area contributed by atoms with E-state index in [9.17, 15) is 9.90 Å². The summed E-state index contributed by atoms with van der Waals surface area (Å²) >= 11 is 0. The zero-order valence-electron chi connectivity index (χ0n) is 18.1. The highest BCUT2D eigenvalue weighted by Gasteiger charge is 2.47. The summed E-state index contributed by atoms with van der Waals surface area (Å²) in [7, 11) is 0. The van der Waals surface area contributed by atoms with Gasteiger partial charge in [0.2, 0.25) is 5.91 Å². The lowest BCUT2D eigenvalue weighted by molar-refractivity contribution is -0.119. The third kappa shape index (κ3) is 4.32. The molecule has 1 aromatic carbocycles. The highest BCUT2D eigenvalue weighted by atomic mass is 16.3. The molecule has 2 aliphatic rings. The predicted molar refractivity (Wildman–Crippen MR) is 126 cm³/mol. The number of phenolic OH excluding ortho intramolecular Hbond substituents is 1. The summed E-state index contributed by atoms with van der Waals surface area (Å²) in [6, 6.07) is 16.1. The molecule has 0 radical (unpaired) electrons. The molecule has 1 saturated carbocycles. The van der Waals surface area contributed by atoms with Crippen LogP contribution in [0, 0.1) is 11.8 Å². The number of amides is 1. The summed E-state index contributed by atoms with van der Waals surface area (Å²) in [6.45, 7) is 0. The summed E-state index contributed by atoms with van der Waals surface area (Å²) < 4.78 is 0. The number of nitrogens with one attached hydrogen (secondary N) is 1. The molecule has 0 aliphatic heterocycles. The van der Waals surface area contributed by atoms with E-state index in [2.05, 4.69) is 15.3 Å². The van der Waals surface area contributed by atoms with Gasteiger partial charge >= 0.3 is 0 Å². The predicted octanol–water partition coefficient (Wildman–Crippen LogP) is 2.64. The third-order valence-electron chi connectivity index (χ3n) is 6.33. The zero-order valence-corrected chi connectivity index (χ0v) is 18.1. The maximum atomic E-state index is 13.3. The van der Waals surface area contributed by atoms with E-state index in [1.165, 1.54) is 5.57 Å². The van der Waals surface area contributed by atoms with Crippen LogP contribution in [0.4, 0.5) is 0 Å². The Kier molecular flexibility index (Phi) is 5.57. The van der Waals surface area contributed by atoms with Gasteiger partial charge in [-0.05, 0) is 54.2 Å². The van der Waals surface area contributed by atoms with Gasteiger partial charge in [0.15, 0.2) is 5.71 Å². The summed E-state index contributed by atoms with van der Waals surface area (Å²) in [5.74, 6) is 0.505. The van der Waals surface area contributed by atoms with Gasteiger partial charge in [0.1, 0.15) is 5.75 Å². The molecule has 6 nitrogen and oxygen atoms in total. The number of aromatic nitrogens is 2. The van der Waals surface area contributed by atoms with E-state index in [-0.39, 0.29) is 17.6 Å². The Morgan fingerprint density at radius 2 is 1.91 bits per heavy atom. The molecule has 1 amide bonds. The quantitative estimate of drug-likeness (QED) is 0.495. The molecule has 2 aromatic heterocycles. The maximum absolute atomic E-state index is 13.3. The summed E-state index contributed by atoms with van der Waals surface area (Å²) in [5, 5.41) is 20.0. The number of hydrogen-bond donors (Lipinski definition) is 3. The first-order valence-corrected chi connectivity index (χ1v) is 11.1. The van der Waals surface area contributed by atoms with Gasteiger partial charge in [-0.15, -0.1) is 0 Å². The van der Waals surface area contributed by atoms with Crippen molar-refractivity contribution >= 4 is 17.2 Å². The van der Waals surface area contributed by atoms with Gasteiger partial charge < -0.3 is 10.4 Å². The molecule has 33 heavy (non-hydrogen) atoms. The fourth-order valence-corrected chi connectivity index (χ4v) is 4.52. The minimum atomic E-state index is -0.474. The Hall–Kier alpha value is -4.06. The number of para-hydroxylation sites is 1. The Labute approximate surface area is 192 Å². The Morgan fingerprint density at radius 3 is 2.67 bits per heavy atom. The van der Waals surface area contributed by atoms with Crippen molar-refractivity contribution in [3.05, 3.63) is 108 Å². The molecule has 164 valence electrons. The van der Waals surface area contributed by atoms with Crippen molar-refractivity contribution in [3.8, 4) is 5.75 Å². The van der Waals surface area contributed by atoms with Gasteiger partial charge in [0.05, 0.1) is 23.7 Å². The van der Waals surface area contributed by atoms with Crippen LogP contribution in [0.1, 0.15) is 35.7 Å². The van der Waals surface area contributed by atoms with Crippen molar-refractivity contribution in [1.29, 1.82) is 0 Å². The van der Waals surface area contributed by atoms with Gasteiger partial charge in [-0.2, -0.15) is 0 Å². The number of hydrogen-bond acceptors (Lipinski definition) is 4. The monoisotopic (exact) mass is 437 g/mol. The number of nitrogens with two attached hydrogens (primary N) is 1. The van der Waals surface area contributed by atoms with E-state index in [1.807, 2.05) is 54.6 Å². The molecule has 0 saturated heterocycles. The molecule has 3 atom stereocenters. The van der Waals surface area contributed by atoms with Crippen LogP contribution in [0.25, 0.3) is 5.57 Å². The van der Waals surface area contributed by atoms with Crippen molar-refractivity contribution in [3.63, 3.8) is 0 Å². The molecule has 1 fully saturated rings. The number of aromatic hydroxyl groups is 1. The van der Waals surface area contributed by atoms with Crippen molar-refractivity contribution in [2.24, 2.45) is 11.8 Å². The van der Waals surface area contributed by atoms with Crippen LogP contribution in [-0.2, 0) is 4.79 Å². The van der Waals surface area contributed by atoms with Crippen LogP contribution in [0.5, 0.6) is 5.75 Å². The molecule has 6 heteroatoms. The van der Waals surface area contributed by atoms with Gasteiger partial charge in [-0.1, -0.05) is 36.4 Å². The summed E-state index contributed by atoms with van der Waals surface area (Å²) in [4.78, 5) is 21.9. The molecule has 2 aliphatic carbocycles. The smallest absolute Gasteiger partial charge is 0.248 e. The van der Waals surface area contributed by atoms with Crippen LogP contribution >= 0.6 is 0 Å². The lowest BCUT2D eigenvalue weighted by atomic mass is 9.94. The number of rotatable bonds is 7. The molecular weight excluding hydrogens is 412 g/mol. The standard InChI is InChI=1S/C27H24N4O2/c28-23(17-6-5-12-29-16-17)15-25(20-7-1-2-9-26(20)32)31-27(33)19-11-10-18(21-14-22(19)21)24-8-3-4-13-30-24/h1-13,16,21-22,25,28,32H,14-15H2,(H,31,33)/p+1. The first-order chi connectivity index (χ1) is 16.1. The Morgan fingerprint density at radius 1 is 1.06 bits per heavy atom. The average Bonchev–Trinajstić information content (AvgIpc) is 3.65. The lowest BCUT2D eigenvalue weighted by Crippen LogP contribution is -2.43. The van der Waals surface area contributed by atoms with Crippen molar-refractivity contribution in [1.82, 2.24) is 15.3 Å². The fraction of sp³-hybridized carbons (Fsp3) is 0.185. The molecule has 5 rings (SSSR count). The molecule has 4 N–H and O–H groups in total. The summed E-state index contributed by atoms with van der Waals surface area (Å²) in [6.07, 6.45) is 10.4. The largest absolute Gasteiger partial charge is 0.508 e. The molecule has 2 heterocycles. The normalized spacial score (nSPS) is 19.5. The number of allylic oxidation sites excluding steroid dienone is 3. The second-order valence-electron chi connectivity index (χ2n) is 8.46. The van der Waals surface area contributed by atoms with Gasteiger partial charge in [0.25, 0.3) is 0 Å². The second kappa shape index (κ2) is 8.82. The molecule has 3 unspecified atom stereocenters. The average molecular weight is 438 g/mol. The second-order valence-corrected chi connectivity index (χ2v) is 8.46. The first kappa shape index (κ1) is 20.8. The Bertz CT molecular complexity index is 1250. The number of nitrogens with zero attached hydrogens (tertiary/aromatic N) is 2. The van der Waals surface area contributed by atoms with Crippen LogP contribution in [0.15, 0.2) is 90.9 Å². The van der Waals surface area contributed by atoms with Crippen LogP contribution in [-0.4, -0.2) is 26.7 Å². The highest BCUT2D eigenvalue weighted by Crippen LogP contribution is 2.54. The SMILES string of the molecule is [NH2+]=C(CC(NC(=O)C1=CC=C(c2ccccn2)C2CC12)c1ccccc1O)c1cccnc1. The van der Waals surface area contributed by atoms with Gasteiger partial charge in [0, 0.05) is 29.7 Å². The minimum Gasteiger partial charge on any atom is -0.508 e. The molecular formula is C27H25N4O2+. The van der Waals surface area contributed by atoms with Gasteiger partial charge in [-0.3, -0.25) is 20.2 Å². The number of phenols is 1. The fourth-order valence-electron chi connectivity index (χ4n) is 4.52. The lowest BCUT2D eigenvalue weighted by Gasteiger charge is -2.21. The number of pyridine rings is 2. The van der Waals surface area contributed by atoms with E-state index in [0.717, 1.165) is 23.3 Å². The van der Waals surface area contributed by atoms with E-state index in [1.54, 1.807) is 30.7 Å². The van der Waals surface area contributed by atoms with Gasteiger partial charge in [-0.25, -0.2) is 0 Å². The van der Waals surface area contributed by atoms with E-state index in [4.69, 9.17) is 5.41 Å². The third-order valence-corrected chi connectivity index (χ3v) is 6.33. The van der Waals surface area contributed by atoms with Crippen molar-refractivity contribution < 1.29 is 15.3 Å². The number of benzene rings is 1. The van der Waals surface area contributed by atoms with Crippen LogP contribution in [0.2, 0.25) is 0 Å². The Balaban J connectivity index is 1.39. The maximum Gasteiger partial charge on any atom is 0.248 e. The zero-order chi connectivity index (χ0) is 22.8. The topological polar surface area (TPSA) is 101 Å². The van der Waals surface area contributed by atoms with Crippen LogP contribution < -0.4 is 10.7 Å². The van der Waals surface area contributed by atoms with Crippen LogP contribution in [0.3, 0.4) is 0 Å². The first-order valence-electron chi connectivity index (χ1n) is 11.1. The summed E-state index contributed by atoms with van der Waals surface area (Å²) in [5.41, 5.74) is 4.94. The molecule has 0 spiro atoms. The molecule has 3 aromatic rings. The number of carbonyl (C=O) groups is 1. The van der Waals surface area contributed by atoms with E-state index in [0.29, 0.717) is 23.6 Å². The highest BCUT2D eigenvalue weighted by molar-refractivity contribution is 5.99. The van der Waals surface area contributed by atoms with E-state index < -0.39 is 6.04 Å². The minimum absolute atomic E-state index is 0.126. The van der Waals surface area contributed by atoms with E-state index >= 15 is 0 Å². The van der Waals surface area contributed by atoms with Crippen molar-refractivity contribution in [2.45, 2.75) is 18.9 Å². The number of carbonyl (C=O) groups excluding carboxylic acids is 1. The number of fused-ring (bicyclic) bond motifs is 1. The van der Waals surface area contributed by atoms with Crippen molar-refractivity contribution in [2.75, 3.05) is 0 Å².